The molecule has 1 unspecified atom stereocenters. The van der Waals surface area contributed by atoms with E-state index in [1.165, 1.54) is 0 Å². The Hall–Kier alpha value is -3.37. The largest absolute Gasteiger partial charge is 0.450 e. The molecule has 0 N–H and O–H groups in total. The summed E-state index contributed by atoms with van der Waals surface area (Å²) >= 11 is 6.11. The zero-order valence-electron chi connectivity index (χ0n) is 18.1. The van der Waals surface area contributed by atoms with Crippen LogP contribution in [0.5, 0.6) is 0 Å². The first-order valence-electron chi connectivity index (χ1n) is 10.5. The minimum Gasteiger partial charge on any atom is -0.450 e. The second kappa shape index (κ2) is 7.64. The van der Waals surface area contributed by atoms with Gasteiger partial charge in [0.1, 0.15) is 5.58 Å². The second-order valence-corrected chi connectivity index (χ2v) is 8.92. The van der Waals surface area contributed by atoms with Crippen LogP contribution in [0.2, 0.25) is 5.02 Å². The van der Waals surface area contributed by atoms with E-state index in [9.17, 15) is 9.59 Å². The average Bonchev–Trinajstić information content (AvgIpc) is 3.04. The number of fused-ring (bicyclic) bond motifs is 2. The highest BCUT2D eigenvalue weighted by atomic mass is 35.5. The lowest BCUT2D eigenvalue weighted by Crippen LogP contribution is -2.29. The highest BCUT2D eigenvalue weighted by molar-refractivity contribution is 6.30. The molecule has 0 spiro atoms. The highest BCUT2D eigenvalue weighted by Gasteiger charge is 2.42. The Morgan fingerprint density at radius 3 is 2.25 bits per heavy atom. The van der Waals surface area contributed by atoms with Gasteiger partial charge in [0.25, 0.3) is 5.91 Å². The minimum atomic E-state index is -0.543. The molecule has 0 radical (unpaired) electrons. The Kier molecular flexibility index (Phi) is 4.90. The van der Waals surface area contributed by atoms with Crippen LogP contribution in [0, 0.1) is 20.8 Å². The van der Waals surface area contributed by atoms with E-state index in [4.69, 9.17) is 16.0 Å². The minimum absolute atomic E-state index is 0.123. The lowest BCUT2D eigenvalue weighted by atomic mass is 9.97. The predicted molar refractivity (Wildman–Crippen MR) is 126 cm³/mol. The van der Waals surface area contributed by atoms with Crippen LogP contribution >= 0.6 is 11.6 Å². The first-order chi connectivity index (χ1) is 15.3. The topological polar surface area (TPSA) is 50.5 Å². The van der Waals surface area contributed by atoms with E-state index in [-0.39, 0.29) is 17.1 Å². The Labute approximate surface area is 191 Å². The van der Waals surface area contributed by atoms with E-state index in [0.717, 1.165) is 27.8 Å². The molecule has 0 bridgehead atoms. The number of aryl methyl sites for hydroxylation is 3. The number of carbonyl (C=O) groups excluding carboxylic acids is 1. The van der Waals surface area contributed by atoms with Gasteiger partial charge in [-0.05, 0) is 67.3 Å². The van der Waals surface area contributed by atoms with Crippen molar-refractivity contribution in [1.82, 2.24) is 4.90 Å². The van der Waals surface area contributed by atoms with Gasteiger partial charge in [0.15, 0.2) is 5.43 Å². The summed E-state index contributed by atoms with van der Waals surface area (Å²) in [6, 6.07) is 18.5. The summed E-state index contributed by atoms with van der Waals surface area (Å²) < 4.78 is 6.08. The lowest BCUT2D eigenvalue weighted by molar-refractivity contribution is 0.0714. The van der Waals surface area contributed by atoms with Crippen molar-refractivity contribution in [2.45, 2.75) is 33.4 Å². The van der Waals surface area contributed by atoms with Gasteiger partial charge in [-0.15, -0.1) is 0 Å². The van der Waals surface area contributed by atoms with Crippen LogP contribution in [0.4, 0.5) is 0 Å². The van der Waals surface area contributed by atoms with Crippen molar-refractivity contribution in [1.29, 1.82) is 0 Å². The summed E-state index contributed by atoms with van der Waals surface area (Å²) in [5.41, 5.74) is 5.64. The van der Waals surface area contributed by atoms with E-state index in [0.29, 0.717) is 28.1 Å². The molecular formula is C27H22ClNO3. The third-order valence-corrected chi connectivity index (χ3v) is 6.49. The van der Waals surface area contributed by atoms with Gasteiger partial charge in [0.05, 0.1) is 17.0 Å². The first kappa shape index (κ1) is 20.5. The number of amides is 1. The molecule has 160 valence electrons. The smallest absolute Gasteiger partial charge is 0.291 e. The van der Waals surface area contributed by atoms with Gasteiger partial charge in [-0.1, -0.05) is 53.6 Å². The molecule has 4 nitrogen and oxygen atoms in total. The number of carbonyl (C=O) groups is 1. The van der Waals surface area contributed by atoms with E-state index in [2.05, 4.69) is 0 Å². The van der Waals surface area contributed by atoms with Crippen molar-refractivity contribution in [3.8, 4) is 0 Å². The van der Waals surface area contributed by atoms with Crippen LogP contribution in [0.1, 0.15) is 50.0 Å². The van der Waals surface area contributed by atoms with E-state index in [1.807, 2.05) is 69.3 Å². The molecule has 1 aliphatic rings. The average molecular weight is 444 g/mol. The van der Waals surface area contributed by atoms with Crippen LogP contribution in [0.15, 0.2) is 69.9 Å². The van der Waals surface area contributed by atoms with Gasteiger partial charge in [-0.2, -0.15) is 0 Å². The quantitative estimate of drug-likeness (QED) is 0.383. The molecule has 1 aromatic heterocycles. The van der Waals surface area contributed by atoms with Crippen LogP contribution in [0.25, 0.3) is 11.0 Å². The molecule has 0 saturated carbocycles. The maximum Gasteiger partial charge on any atom is 0.291 e. The van der Waals surface area contributed by atoms with E-state index in [1.54, 1.807) is 17.0 Å². The molecule has 1 aliphatic heterocycles. The van der Waals surface area contributed by atoms with Gasteiger partial charge in [-0.3, -0.25) is 9.59 Å². The van der Waals surface area contributed by atoms with Gasteiger partial charge >= 0.3 is 0 Å². The third-order valence-electron chi connectivity index (χ3n) is 6.24. The zero-order chi connectivity index (χ0) is 22.6. The molecule has 1 atom stereocenters. The Morgan fingerprint density at radius 1 is 0.906 bits per heavy atom. The lowest BCUT2D eigenvalue weighted by Gasteiger charge is -2.25. The van der Waals surface area contributed by atoms with Crippen molar-refractivity contribution in [3.05, 3.63) is 115 Å². The Morgan fingerprint density at radius 2 is 1.56 bits per heavy atom. The second-order valence-electron chi connectivity index (χ2n) is 8.48. The molecule has 5 heteroatoms. The number of hydrogen-bond acceptors (Lipinski definition) is 3. The molecule has 0 saturated heterocycles. The van der Waals surface area contributed by atoms with Gasteiger partial charge in [0, 0.05) is 11.6 Å². The van der Waals surface area contributed by atoms with Crippen molar-refractivity contribution >= 4 is 28.5 Å². The SMILES string of the molecule is Cc1ccc(CN2C(=O)c3oc4cc(C)c(C)cc4c(=O)c3C2c2ccc(Cl)cc2)cc1. The molecule has 32 heavy (non-hydrogen) atoms. The fourth-order valence-electron chi connectivity index (χ4n) is 4.32. The fraction of sp³-hybridized carbons (Fsp3) is 0.185. The van der Waals surface area contributed by atoms with Gasteiger partial charge in [-0.25, -0.2) is 0 Å². The monoisotopic (exact) mass is 443 g/mol. The summed E-state index contributed by atoms with van der Waals surface area (Å²) in [6.45, 7) is 6.32. The number of hydrogen-bond donors (Lipinski definition) is 0. The third kappa shape index (κ3) is 3.32. The molecule has 0 aliphatic carbocycles. The summed E-state index contributed by atoms with van der Waals surface area (Å²) in [4.78, 5) is 28.9. The van der Waals surface area contributed by atoms with Crippen molar-refractivity contribution in [2.75, 3.05) is 0 Å². The normalized spacial score (nSPS) is 15.4. The molecule has 2 heterocycles. The molecule has 4 aromatic rings. The van der Waals surface area contributed by atoms with E-state index >= 15 is 0 Å². The molecule has 0 fully saturated rings. The van der Waals surface area contributed by atoms with Crippen LogP contribution in [-0.4, -0.2) is 10.8 Å². The van der Waals surface area contributed by atoms with Crippen molar-refractivity contribution < 1.29 is 9.21 Å². The summed E-state index contributed by atoms with van der Waals surface area (Å²) in [5, 5.41) is 1.09. The highest BCUT2D eigenvalue weighted by Crippen LogP contribution is 2.39. The van der Waals surface area contributed by atoms with Crippen LogP contribution in [-0.2, 0) is 6.54 Å². The van der Waals surface area contributed by atoms with Crippen molar-refractivity contribution in [3.63, 3.8) is 0 Å². The zero-order valence-corrected chi connectivity index (χ0v) is 18.9. The fourth-order valence-corrected chi connectivity index (χ4v) is 4.45. The van der Waals surface area contributed by atoms with Gasteiger partial charge < -0.3 is 9.32 Å². The molecule has 3 aromatic carbocycles. The number of benzene rings is 3. The van der Waals surface area contributed by atoms with Gasteiger partial charge in [0.2, 0.25) is 5.76 Å². The summed E-state index contributed by atoms with van der Waals surface area (Å²) in [5.74, 6) is -0.157. The number of rotatable bonds is 3. The Bertz CT molecular complexity index is 1420. The van der Waals surface area contributed by atoms with Crippen molar-refractivity contribution in [2.24, 2.45) is 0 Å². The van der Waals surface area contributed by atoms with Crippen LogP contribution < -0.4 is 5.43 Å². The summed E-state index contributed by atoms with van der Waals surface area (Å²) in [6.07, 6.45) is 0. The number of nitrogens with zero attached hydrogens (tertiary/aromatic N) is 1. The standard InChI is InChI=1S/C27H22ClNO3/c1-15-4-6-18(7-5-15)14-29-24(19-8-10-20(28)11-9-19)23-25(30)21-12-16(2)17(3)13-22(21)32-26(23)27(29)31/h4-13,24H,14H2,1-3H3. The maximum atomic E-state index is 13.7. The molecule has 5 rings (SSSR count). The number of halogens is 1. The predicted octanol–water partition coefficient (Wildman–Crippen LogP) is 6.12. The first-order valence-corrected chi connectivity index (χ1v) is 10.9. The van der Waals surface area contributed by atoms with Crippen LogP contribution in [0.3, 0.4) is 0 Å². The maximum absolute atomic E-state index is 13.7. The van der Waals surface area contributed by atoms with E-state index < -0.39 is 6.04 Å². The Balaban J connectivity index is 1.73. The molecular weight excluding hydrogens is 422 g/mol. The summed E-state index contributed by atoms with van der Waals surface area (Å²) in [7, 11) is 0. The molecule has 1 amide bonds.